The lowest BCUT2D eigenvalue weighted by molar-refractivity contribution is 0.240. The van der Waals surface area contributed by atoms with Gasteiger partial charge in [-0.05, 0) is 37.9 Å². The normalized spacial score (nSPS) is 11.1. The molecule has 2 rings (SSSR count). The molecule has 7 heteroatoms. The number of carbonyl (C=O) groups is 1. The number of carbonyl (C=O) groups excluding carboxylic acids is 1. The molecule has 0 atom stereocenters. The van der Waals surface area contributed by atoms with E-state index in [2.05, 4.69) is 20.3 Å². The Labute approximate surface area is 135 Å². The van der Waals surface area contributed by atoms with Crippen molar-refractivity contribution >= 4 is 6.03 Å². The molecule has 0 aliphatic rings. The van der Waals surface area contributed by atoms with Gasteiger partial charge in [-0.25, -0.2) is 9.78 Å². The summed E-state index contributed by atoms with van der Waals surface area (Å²) < 4.78 is 6.80. The molecule has 0 aliphatic heterocycles. The van der Waals surface area contributed by atoms with Crippen LogP contribution in [0, 0.1) is 0 Å². The number of nitrogens with zero attached hydrogens (tertiary/aromatic N) is 4. The first-order valence-corrected chi connectivity index (χ1v) is 7.30. The fraction of sp³-hybridized carbons (Fsp3) is 0.312. The van der Waals surface area contributed by atoms with Crippen LogP contribution in [0.15, 0.2) is 48.9 Å². The number of rotatable bonds is 7. The summed E-state index contributed by atoms with van der Waals surface area (Å²) in [4.78, 5) is 17.9. The minimum Gasteiger partial charge on any atom is -0.473 e. The molecule has 2 heterocycles. The third-order valence-electron chi connectivity index (χ3n) is 2.88. The van der Waals surface area contributed by atoms with Crippen LogP contribution in [0.1, 0.15) is 5.56 Å². The summed E-state index contributed by atoms with van der Waals surface area (Å²) in [7, 11) is 4.03. The van der Waals surface area contributed by atoms with Gasteiger partial charge in [-0.15, -0.1) is 0 Å². The van der Waals surface area contributed by atoms with Crippen molar-refractivity contribution < 1.29 is 9.53 Å². The predicted octanol–water partition coefficient (Wildman–Crippen LogP) is 1.53. The summed E-state index contributed by atoms with van der Waals surface area (Å²) in [6, 6.07) is 5.32. The Morgan fingerprint density at radius 3 is 3.00 bits per heavy atom. The zero-order chi connectivity index (χ0) is 16.5. The predicted molar refractivity (Wildman–Crippen MR) is 87.3 cm³/mol. The molecular formula is C16H21N5O2. The van der Waals surface area contributed by atoms with Gasteiger partial charge in [0.05, 0.1) is 0 Å². The average Bonchev–Trinajstić information content (AvgIpc) is 3.04. The molecule has 2 aromatic rings. The zero-order valence-electron chi connectivity index (χ0n) is 13.3. The van der Waals surface area contributed by atoms with Gasteiger partial charge in [0.25, 0.3) is 0 Å². The van der Waals surface area contributed by atoms with E-state index in [0.717, 1.165) is 12.1 Å². The van der Waals surface area contributed by atoms with E-state index in [9.17, 15) is 4.79 Å². The summed E-state index contributed by atoms with van der Waals surface area (Å²) in [5.74, 6) is 0.592. The molecule has 0 unspecified atom stereocenters. The molecule has 7 nitrogen and oxygen atoms in total. The second-order valence-corrected chi connectivity index (χ2v) is 5.16. The molecule has 2 aromatic heterocycles. The van der Waals surface area contributed by atoms with Crippen LogP contribution in [0.25, 0.3) is 0 Å². The van der Waals surface area contributed by atoms with Crippen LogP contribution in [0.4, 0.5) is 4.79 Å². The number of amides is 1. The highest BCUT2D eigenvalue weighted by Gasteiger charge is 2.01. The van der Waals surface area contributed by atoms with Crippen molar-refractivity contribution in [3.05, 3.63) is 54.5 Å². The second-order valence-electron chi connectivity index (χ2n) is 5.16. The first-order chi connectivity index (χ1) is 11.1. The largest absolute Gasteiger partial charge is 0.473 e. The van der Waals surface area contributed by atoms with Gasteiger partial charge in [-0.2, -0.15) is 9.78 Å². The Hall–Kier alpha value is -2.67. The highest BCUT2D eigenvalue weighted by molar-refractivity contribution is 5.75. The number of pyridine rings is 1. The maximum absolute atomic E-state index is 11.6. The van der Waals surface area contributed by atoms with Gasteiger partial charge in [0, 0.05) is 37.7 Å². The molecular weight excluding hydrogens is 294 g/mol. The highest BCUT2D eigenvalue weighted by Crippen LogP contribution is 2.10. The lowest BCUT2D eigenvalue weighted by atomic mass is 10.2. The number of ether oxygens (including phenoxy) is 1. The summed E-state index contributed by atoms with van der Waals surface area (Å²) in [6.07, 6.45) is 8.55. The van der Waals surface area contributed by atoms with Gasteiger partial charge < -0.3 is 15.0 Å². The maximum Gasteiger partial charge on any atom is 0.342 e. The second kappa shape index (κ2) is 8.70. The lowest BCUT2D eigenvalue weighted by Gasteiger charge is -2.10. The molecule has 1 N–H and O–H groups in total. The Morgan fingerprint density at radius 1 is 1.39 bits per heavy atom. The molecule has 0 aromatic carbocycles. The number of hydrogen-bond acceptors (Lipinski definition) is 5. The third kappa shape index (κ3) is 5.91. The topological polar surface area (TPSA) is 72.3 Å². The molecule has 122 valence electrons. The summed E-state index contributed by atoms with van der Waals surface area (Å²) in [5, 5.41) is 6.56. The quantitative estimate of drug-likeness (QED) is 0.785. The third-order valence-corrected chi connectivity index (χ3v) is 2.88. The first kappa shape index (κ1) is 16.7. The van der Waals surface area contributed by atoms with Crippen LogP contribution in [0.3, 0.4) is 0 Å². The fourth-order valence-corrected chi connectivity index (χ4v) is 1.89. The van der Waals surface area contributed by atoms with Crippen LogP contribution in [0.5, 0.6) is 5.88 Å². The standard InChI is InChI=1S/C16H21N5O2/c1-20(2)13-14-6-9-17-15(12-14)23-11-4-3-7-18-16(22)21-10-5-8-19-21/h3-6,8-10,12H,7,11,13H2,1-2H3,(H,18,22)/b4-3-. The van der Waals surface area contributed by atoms with E-state index in [4.69, 9.17) is 4.74 Å². The average molecular weight is 315 g/mol. The number of hydrogen-bond donors (Lipinski definition) is 1. The summed E-state index contributed by atoms with van der Waals surface area (Å²) in [6.45, 7) is 1.65. The molecule has 0 saturated carbocycles. The van der Waals surface area contributed by atoms with Crippen molar-refractivity contribution in [2.45, 2.75) is 6.54 Å². The van der Waals surface area contributed by atoms with Gasteiger partial charge in [0.2, 0.25) is 5.88 Å². The fourth-order valence-electron chi connectivity index (χ4n) is 1.89. The molecule has 0 fully saturated rings. The van der Waals surface area contributed by atoms with E-state index in [1.54, 1.807) is 24.7 Å². The van der Waals surface area contributed by atoms with Crippen molar-refractivity contribution in [2.75, 3.05) is 27.2 Å². The minimum absolute atomic E-state index is 0.265. The van der Waals surface area contributed by atoms with E-state index in [1.807, 2.05) is 38.4 Å². The Kier molecular flexibility index (Phi) is 6.31. The van der Waals surface area contributed by atoms with Crippen LogP contribution < -0.4 is 10.1 Å². The van der Waals surface area contributed by atoms with Crippen LogP contribution in [-0.2, 0) is 6.54 Å². The van der Waals surface area contributed by atoms with Crippen molar-refractivity contribution in [1.29, 1.82) is 0 Å². The number of nitrogens with one attached hydrogen (secondary N) is 1. The Morgan fingerprint density at radius 2 is 2.26 bits per heavy atom. The van der Waals surface area contributed by atoms with Gasteiger partial charge in [-0.1, -0.05) is 6.08 Å². The first-order valence-electron chi connectivity index (χ1n) is 7.30. The maximum atomic E-state index is 11.6. The van der Waals surface area contributed by atoms with Crippen LogP contribution >= 0.6 is 0 Å². The monoisotopic (exact) mass is 315 g/mol. The summed E-state index contributed by atoms with van der Waals surface area (Å²) in [5.41, 5.74) is 1.15. The highest BCUT2D eigenvalue weighted by atomic mass is 16.5. The Balaban J connectivity index is 1.69. The molecule has 0 spiro atoms. The van der Waals surface area contributed by atoms with Gasteiger partial charge >= 0.3 is 6.03 Å². The smallest absolute Gasteiger partial charge is 0.342 e. The van der Waals surface area contributed by atoms with E-state index < -0.39 is 0 Å². The molecule has 1 amide bonds. The van der Waals surface area contributed by atoms with Crippen molar-refractivity contribution in [1.82, 2.24) is 25.0 Å². The lowest BCUT2D eigenvalue weighted by Crippen LogP contribution is -2.28. The van der Waals surface area contributed by atoms with Crippen LogP contribution in [0.2, 0.25) is 0 Å². The van der Waals surface area contributed by atoms with Gasteiger partial charge in [0.15, 0.2) is 0 Å². The Bertz CT molecular complexity index is 638. The van der Waals surface area contributed by atoms with Crippen molar-refractivity contribution in [2.24, 2.45) is 0 Å². The molecule has 0 saturated heterocycles. The van der Waals surface area contributed by atoms with Gasteiger partial charge in [-0.3, -0.25) is 0 Å². The zero-order valence-corrected chi connectivity index (χ0v) is 13.3. The van der Waals surface area contributed by atoms with E-state index in [0.29, 0.717) is 19.0 Å². The summed E-state index contributed by atoms with van der Waals surface area (Å²) >= 11 is 0. The van der Waals surface area contributed by atoms with E-state index in [1.165, 1.54) is 4.68 Å². The van der Waals surface area contributed by atoms with E-state index in [-0.39, 0.29) is 6.03 Å². The van der Waals surface area contributed by atoms with E-state index >= 15 is 0 Å². The molecule has 0 bridgehead atoms. The molecule has 0 radical (unpaired) electrons. The van der Waals surface area contributed by atoms with Crippen molar-refractivity contribution in [3.8, 4) is 5.88 Å². The SMILES string of the molecule is CN(C)Cc1ccnc(OC/C=C\CNC(=O)n2cccn2)c1. The minimum atomic E-state index is -0.265. The van der Waals surface area contributed by atoms with Crippen molar-refractivity contribution in [3.63, 3.8) is 0 Å². The molecule has 0 aliphatic carbocycles. The van der Waals surface area contributed by atoms with Crippen LogP contribution in [-0.4, -0.2) is 52.9 Å². The molecule has 23 heavy (non-hydrogen) atoms. The number of aromatic nitrogens is 3. The van der Waals surface area contributed by atoms with Gasteiger partial charge in [0.1, 0.15) is 6.61 Å².